The molecule has 0 fully saturated rings. The van der Waals surface area contributed by atoms with E-state index in [1.54, 1.807) is 7.11 Å². The van der Waals surface area contributed by atoms with E-state index in [4.69, 9.17) is 9.57 Å². The van der Waals surface area contributed by atoms with Crippen molar-refractivity contribution >= 4 is 22.6 Å². The van der Waals surface area contributed by atoms with Crippen LogP contribution < -0.4 is 4.74 Å². The van der Waals surface area contributed by atoms with Gasteiger partial charge < -0.3 is 9.57 Å². The minimum Gasteiger partial charge on any atom is -0.497 e. The van der Waals surface area contributed by atoms with Crippen molar-refractivity contribution in [1.29, 1.82) is 0 Å². The molecule has 0 saturated carbocycles. The standard InChI is InChI=1S/C14H20NO3S/c1-11(16)18-15-14(9-10-19(3)4)12-5-7-13(17-2)8-6-12/h5-8H,9-10H2,1-4H3/q+1. The van der Waals surface area contributed by atoms with Crippen LogP contribution in [0.25, 0.3) is 0 Å². The molecule has 0 unspecified atom stereocenters. The van der Waals surface area contributed by atoms with E-state index in [0.717, 1.165) is 29.2 Å². The number of carbonyl (C=O) groups is 1. The van der Waals surface area contributed by atoms with E-state index in [0.29, 0.717) is 10.9 Å². The SMILES string of the molecule is COc1ccc(C(CC[S+](C)C)=NOC(C)=O)cc1. The summed E-state index contributed by atoms with van der Waals surface area (Å²) >= 11 is 0. The molecule has 104 valence electrons. The van der Waals surface area contributed by atoms with Crippen molar-refractivity contribution in [2.75, 3.05) is 25.4 Å². The lowest BCUT2D eigenvalue weighted by molar-refractivity contribution is -0.140. The number of oxime groups is 1. The first-order valence-electron chi connectivity index (χ1n) is 5.96. The van der Waals surface area contributed by atoms with E-state index in [9.17, 15) is 4.79 Å². The number of rotatable bonds is 6. The Hall–Kier alpha value is -1.49. The minimum absolute atomic E-state index is 0.324. The Balaban J connectivity index is 2.87. The lowest BCUT2D eigenvalue weighted by atomic mass is 10.1. The van der Waals surface area contributed by atoms with Crippen molar-refractivity contribution in [2.45, 2.75) is 13.3 Å². The molecule has 0 saturated heterocycles. The summed E-state index contributed by atoms with van der Waals surface area (Å²) in [7, 11) is 1.95. The number of methoxy groups -OCH3 is 1. The maximum Gasteiger partial charge on any atom is 0.331 e. The highest BCUT2D eigenvalue weighted by atomic mass is 32.2. The van der Waals surface area contributed by atoms with Crippen LogP contribution in [0.15, 0.2) is 29.4 Å². The Morgan fingerprint density at radius 3 is 2.37 bits per heavy atom. The number of hydrogen-bond donors (Lipinski definition) is 0. The van der Waals surface area contributed by atoms with Gasteiger partial charge in [-0.2, -0.15) is 0 Å². The minimum atomic E-state index is -0.405. The number of benzene rings is 1. The Morgan fingerprint density at radius 2 is 1.89 bits per heavy atom. The van der Waals surface area contributed by atoms with Crippen LogP contribution in [-0.4, -0.2) is 37.1 Å². The Kier molecular flexibility index (Phi) is 6.42. The molecular weight excluding hydrogens is 262 g/mol. The van der Waals surface area contributed by atoms with Crippen molar-refractivity contribution in [1.82, 2.24) is 0 Å². The Bertz CT molecular complexity index is 441. The van der Waals surface area contributed by atoms with Gasteiger partial charge in [0.1, 0.15) is 11.5 Å². The summed E-state index contributed by atoms with van der Waals surface area (Å²) in [6, 6.07) is 7.59. The van der Waals surface area contributed by atoms with Gasteiger partial charge in [0.15, 0.2) is 0 Å². The maximum absolute atomic E-state index is 10.9. The molecule has 0 aromatic heterocycles. The van der Waals surface area contributed by atoms with E-state index in [1.165, 1.54) is 6.92 Å². The fourth-order valence-corrected chi connectivity index (χ4v) is 2.05. The molecule has 0 atom stereocenters. The number of hydrogen-bond acceptors (Lipinski definition) is 4. The average Bonchev–Trinajstić information content (AvgIpc) is 2.38. The molecule has 0 spiro atoms. The molecule has 0 bridgehead atoms. The summed E-state index contributed by atoms with van der Waals surface area (Å²) in [4.78, 5) is 15.6. The third-order valence-corrected chi connectivity index (χ3v) is 3.48. The zero-order chi connectivity index (χ0) is 14.3. The quantitative estimate of drug-likeness (QED) is 0.348. The van der Waals surface area contributed by atoms with E-state index in [2.05, 4.69) is 17.7 Å². The van der Waals surface area contributed by atoms with Gasteiger partial charge in [-0.15, -0.1) is 0 Å². The first-order chi connectivity index (χ1) is 9.02. The van der Waals surface area contributed by atoms with Crippen molar-refractivity contribution in [3.05, 3.63) is 29.8 Å². The summed E-state index contributed by atoms with van der Waals surface area (Å²) < 4.78 is 5.12. The summed E-state index contributed by atoms with van der Waals surface area (Å²) in [6.45, 7) is 1.35. The van der Waals surface area contributed by atoms with Gasteiger partial charge in [0.05, 0.1) is 25.3 Å². The van der Waals surface area contributed by atoms with E-state index in [1.807, 2.05) is 24.3 Å². The number of carbonyl (C=O) groups excluding carboxylic acids is 1. The number of nitrogens with zero attached hydrogens (tertiary/aromatic N) is 1. The summed E-state index contributed by atoms with van der Waals surface area (Å²) in [5.74, 6) is 1.41. The normalized spacial score (nSPS) is 11.5. The molecule has 0 aliphatic rings. The third-order valence-electron chi connectivity index (χ3n) is 2.45. The molecule has 0 aliphatic heterocycles. The van der Waals surface area contributed by atoms with Gasteiger partial charge in [-0.1, -0.05) is 5.16 Å². The van der Waals surface area contributed by atoms with Gasteiger partial charge in [-0.25, -0.2) is 4.79 Å². The van der Waals surface area contributed by atoms with E-state index < -0.39 is 5.97 Å². The smallest absolute Gasteiger partial charge is 0.331 e. The predicted octanol–water partition coefficient (Wildman–Crippen LogP) is 2.23. The molecule has 1 rings (SSSR count). The van der Waals surface area contributed by atoms with Crippen LogP contribution in [0.4, 0.5) is 0 Å². The topological polar surface area (TPSA) is 47.9 Å². The van der Waals surface area contributed by atoms with E-state index >= 15 is 0 Å². The van der Waals surface area contributed by atoms with Crippen LogP contribution in [0.5, 0.6) is 5.75 Å². The summed E-state index contributed by atoms with van der Waals surface area (Å²) in [5, 5.41) is 3.95. The van der Waals surface area contributed by atoms with Crippen molar-refractivity contribution < 1.29 is 14.4 Å². The highest BCUT2D eigenvalue weighted by Crippen LogP contribution is 2.14. The molecule has 0 aliphatic carbocycles. The highest BCUT2D eigenvalue weighted by molar-refractivity contribution is 7.95. The molecule has 0 radical (unpaired) electrons. The lowest BCUT2D eigenvalue weighted by Gasteiger charge is -2.06. The van der Waals surface area contributed by atoms with Crippen LogP contribution in [0.1, 0.15) is 18.9 Å². The average molecular weight is 282 g/mol. The van der Waals surface area contributed by atoms with Crippen molar-refractivity contribution in [3.63, 3.8) is 0 Å². The molecule has 5 heteroatoms. The van der Waals surface area contributed by atoms with Crippen LogP contribution in [0, 0.1) is 0 Å². The van der Waals surface area contributed by atoms with E-state index in [-0.39, 0.29) is 0 Å². The van der Waals surface area contributed by atoms with Gasteiger partial charge >= 0.3 is 5.97 Å². The Labute approximate surface area is 117 Å². The molecule has 0 N–H and O–H groups in total. The first-order valence-corrected chi connectivity index (χ1v) is 8.17. The molecule has 0 heterocycles. The summed E-state index contributed by atoms with van der Waals surface area (Å²) in [6.07, 6.45) is 5.14. The Morgan fingerprint density at radius 1 is 1.26 bits per heavy atom. The molecule has 0 amide bonds. The van der Waals surface area contributed by atoms with Gasteiger partial charge in [0.2, 0.25) is 0 Å². The summed E-state index contributed by atoms with van der Waals surface area (Å²) in [5.41, 5.74) is 1.74. The van der Waals surface area contributed by atoms with Crippen LogP contribution in [0.3, 0.4) is 0 Å². The fourth-order valence-electron chi connectivity index (χ4n) is 1.45. The molecule has 19 heavy (non-hydrogen) atoms. The van der Waals surface area contributed by atoms with Gasteiger partial charge in [0, 0.05) is 13.3 Å². The highest BCUT2D eigenvalue weighted by Gasteiger charge is 2.11. The second-order valence-electron chi connectivity index (χ2n) is 4.29. The fraction of sp³-hybridized carbons (Fsp3) is 0.429. The second kappa shape index (κ2) is 7.84. The maximum atomic E-state index is 10.9. The largest absolute Gasteiger partial charge is 0.497 e. The zero-order valence-electron chi connectivity index (χ0n) is 11.8. The van der Waals surface area contributed by atoms with Gasteiger partial charge in [-0.05, 0) is 40.7 Å². The third kappa shape index (κ3) is 5.79. The zero-order valence-corrected chi connectivity index (χ0v) is 12.6. The van der Waals surface area contributed by atoms with Crippen LogP contribution in [-0.2, 0) is 20.5 Å². The lowest BCUT2D eigenvalue weighted by Crippen LogP contribution is -2.11. The van der Waals surface area contributed by atoms with Gasteiger partial charge in [0.25, 0.3) is 0 Å². The predicted molar refractivity (Wildman–Crippen MR) is 80.0 cm³/mol. The van der Waals surface area contributed by atoms with Gasteiger partial charge in [-0.3, -0.25) is 0 Å². The number of ether oxygens (including phenoxy) is 1. The first kappa shape index (κ1) is 15.6. The van der Waals surface area contributed by atoms with Crippen LogP contribution >= 0.6 is 0 Å². The molecule has 1 aromatic rings. The molecular formula is C14H20NO3S+. The molecule has 4 nitrogen and oxygen atoms in total. The van der Waals surface area contributed by atoms with Crippen molar-refractivity contribution in [2.24, 2.45) is 5.16 Å². The van der Waals surface area contributed by atoms with Crippen molar-refractivity contribution in [3.8, 4) is 5.75 Å². The molecule has 1 aromatic carbocycles. The van der Waals surface area contributed by atoms with Crippen LogP contribution in [0.2, 0.25) is 0 Å². The second-order valence-corrected chi connectivity index (χ2v) is 6.67. The monoisotopic (exact) mass is 282 g/mol.